The van der Waals surface area contributed by atoms with Gasteiger partial charge in [-0.15, -0.1) is 0 Å². The van der Waals surface area contributed by atoms with Gasteiger partial charge in [0.15, 0.2) is 6.61 Å². The van der Waals surface area contributed by atoms with E-state index < -0.39 is 5.91 Å². The SMILES string of the molecule is Cc1ccc(C)c(OCCC(=O)NOCC(N)=O)c1. The molecule has 0 radical (unpaired) electrons. The number of nitrogens with one attached hydrogen (secondary N) is 1. The Morgan fingerprint density at radius 1 is 1.32 bits per heavy atom. The van der Waals surface area contributed by atoms with Crippen molar-refractivity contribution >= 4 is 11.8 Å². The number of aryl methyl sites for hydroxylation is 2. The Hall–Kier alpha value is -2.08. The molecular formula is C13H18N2O4. The van der Waals surface area contributed by atoms with Crippen LogP contribution in [0.3, 0.4) is 0 Å². The molecule has 0 fully saturated rings. The zero-order chi connectivity index (χ0) is 14.3. The van der Waals surface area contributed by atoms with Crippen LogP contribution in [0.5, 0.6) is 5.75 Å². The quantitative estimate of drug-likeness (QED) is 0.707. The molecule has 0 saturated heterocycles. The van der Waals surface area contributed by atoms with Gasteiger partial charge in [0.2, 0.25) is 11.8 Å². The smallest absolute Gasteiger partial charge is 0.246 e. The fourth-order valence-corrected chi connectivity index (χ4v) is 1.36. The van der Waals surface area contributed by atoms with Gasteiger partial charge in [0, 0.05) is 0 Å². The lowest BCUT2D eigenvalue weighted by Gasteiger charge is -2.10. The van der Waals surface area contributed by atoms with Crippen LogP contribution in [0.1, 0.15) is 17.5 Å². The molecule has 0 bridgehead atoms. The van der Waals surface area contributed by atoms with Gasteiger partial charge < -0.3 is 10.5 Å². The first-order valence-corrected chi connectivity index (χ1v) is 5.88. The van der Waals surface area contributed by atoms with Crippen molar-refractivity contribution in [1.82, 2.24) is 5.48 Å². The molecule has 3 N–H and O–H groups in total. The maximum atomic E-state index is 11.3. The van der Waals surface area contributed by atoms with Crippen molar-refractivity contribution in [1.29, 1.82) is 0 Å². The zero-order valence-electron chi connectivity index (χ0n) is 11.1. The van der Waals surface area contributed by atoms with E-state index in [1.165, 1.54) is 0 Å². The van der Waals surface area contributed by atoms with Gasteiger partial charge in [-0.2, -0.15) is 0 Å². The standard InChI is InChI=1S/C13H18N2O4/c1-9-3-4-10(2)11(7-9)18-6-5-13(17)15-19-8-12(14)16/h3-4,7H,5-6,8H2,1-2H3,(H2,14,16)(H,15,17). The van der Waals surface area contributed by atoms with Crippen LogP contribution >= 0.6 is 0 Å². The van der Waals surface area contributed by atoms with Gasteiger partial charge in [-0.05, 0) is 31.0 Å². The topological polar surface area (TPSA) is 90.7 Å². The monoisotopic (exact) mass is 266 g/mol. The number of nitrogens with two attached hydrogens (primary N) is 1. The van der Waals surface area contributed by atoms with E-state index in [1.807, 2.05) is 32.0 Å². The van der Waals surface area contributed by atoms with Gasteiger partial charge in [-0.3, -0.25) is 14.4 Å². The summed E-state index contributed by atoms with van der Waals surface area (Å²) in [6, 6.07) is 5.87. The van der Waals surface area contributed by atoms with E-state index in [0.717, 1.165) is 16.9 Å². The highest BCUT2D eigenvalue weighted by atomic mass is 16.7. The highest BCUT2D eigenvalue weighted by Gasteiger charge is 2.04. The van der Waals surface area contributed by atoms with Crippen LogP contribution in [0.2, 0.25) is 0 Å². The molecule has 0 aliphatic rings. The third-order valence-electron chi connectivity index (χ3n) is 2.33. The first-order chi connectivity index (χ1) is 8.99. The number of carbonyl (C=O) groups excluding carboxylic acids is 2. The Balaban J connectivity index is 2.28. The van der Waals surface area contributed by atoms with Gasteiger partial charge in [0.1, 0.15) is 5.75 Å². The largest absolute Gasteiger partial charge is 0.493 e. The number of benzene rings is 1. The second-order valence-electron chi connectivity index (χ2n) is 4.15. The van der Waals surface area contributed by atoms with E-state index in [9.17, 15) is 9.59 Å². The van der Waals surface area contributed by atoms with Crippen LogP contribution in [0.25, 0.3) is 0 Å². The van der Waals surface area contributed by atoms with E-state index in [-0.39, 0.29) is 25.5 Å². The number of amides is 2. The summed E-state index contributed by atoms with van der Waals surface area (Å²) in [4.78, 5) is 26.2. The van der Waals surface area contributed by atoms with Crippen molar-refractivity contribution in [3.63, 3.8) is 0 Å². The third kappa shape index (κ3) is 5.87. The highest BCUT2D eigenvalue weighted by Crippen LogP contribution is 2.19. The normalized spacial score (nSPS) is 10.0. The Kier molecular flexibility index (Phi) is 5.81. The number of rotatable bonds is 7. The maximum Gasteiger partial charge on any atom is 0.246 e. The van der Waals surface area contributed by atoms with Gasteiger partial charge >= 0.3 is 0 Å². The Morgan fingerprint density at radius 2 is 2.05 bits per heavy atom. The molecule has 0 aromatic heterocycles. The van der Waals surface area contributed by atoms with Gasteiger partial charge in [-0.25, -0.2) is 5.48 Å². The molecule has 0 spiro atoms. The minimum absolute atomic E-state index is 0.131. The number of carbonyl (C=O) groups is 2. The predicted octanol–water partition coefficient (Wildman–Crippen LogP) is 0.605. The van der Waals surface area contributed by atoms with E-state index in [4.69, 9.17) is 10.5 Å². The molecule has 19 heavy (non-hydrogen) atoms. The number of primary amides is 1. The average Bonchev–Trinajstić information content (AvgIpc) is 2.33. The zero-order valence-corrected chi connectivity index (χ0v) is 11.1. The second kappa shape index (κ2) is 7.38. The first kappa shape index (κ1) is 15.0. The number of ether oxygens (including phenoxy) is 1. The van der Waals surface area contributed by atoms with Gasteiger partial charge in [0.25, 0.3) is 0 Å². The molecule has 1 rings (SSSR count). The van der Waals surface area contributed by atoms with E-state index in [1.54, 1.807) is 0 Å². The van der Waals surface area contributed by atoms with Crippen LogP contribution in [0, 0.1) is 13.8 Å². The minimum Gasteiger partial charge on any atom is -0.493 e. The lowest BCUT2D eigenvalue weighted by Crippen LogP contribution is -2.30. The lowest BCUT2D eigenvalue weighted by molar-refractivity contribution is -0.138. The summed E-state index contributed by atoms with van der Waals surface area (Å²) < 4.78 is 5.51. The molecule has 6 nitrogen and oxygen atoms in total. The van der Waals surface area contributed by atoms with Crippen molar-refractivity contribution < 1.29 is 19.2 Å². The molecule has 0 aliphatic carbocycles. The summed E-state index contributed by atoms with van der Waals surface area (Å²) in [5.74, 6) is -0.260. The van der Waals surface area contributed by atoms with E-state index in [0.29, 0.717) is 0 Å². The van der Waals surface area contributed by atoms with Crippen molar-refractivity contribution in [3.05, 3.63) is 29.3 Å². The van der Waals surface area contributed by atoms with Crippen molar-refractivity contribution in [2.75, 3.05) is 13.2 Å². The summed E-state index contributed by atoms with van der Waals surface area (Å²) >= 11 is 0. The summed E-state index contributed by atoms with van der Waals surface area (Å²) in [7, 11) is 0. The van der Waals surface area contributed by atoms with Crippen LogP contribution in [0.4, 0.5) is 0 Å². The summed E-state index contributed by atoms with van der Waals surface area (Å²) in [5.41, 5.74) is 9.05. The molecule has 1 aromatic carbocycles. The molecule has 0 unspecified atom stereocenters. The second-order valence-corrected chi connectivity index (χ2v) is 4.15. The minimum atomic E-state index is -0.646. The molecule has 6 heteroatoms. The average molecular weight is 266 g/mol. The highest BCUT2D eigenvalue weighted by molar-refractivity contribution is 5.77. The van der Waals surface area contributed by atoms with Crippen LogP contribution in [-0.2, 0) is 14.4 Å². The van der Waals surface area contributed by atoms with Crippen molar-refractivity contribution in [3.8, 4) is 5.75 Å². The first-order valence-electron chi connectivity index (χ1n) is 5.88. The molecular weight excluding hydrogens is 248 g/mol. The van der Waals surface area contributed by atoms with Crippen LogP contribution in [0.15, 0.2) is 18.2 Å². The molecule has 0 atom stereocenters. The third-order valence-corrected chi connectivity index (χ3v) is 2.33. The summed E-state index contributed by atoms with van der Waals surface area (Å²) in [6.07, 6.45) is 0.131. The number of hydroxylamine groups is 1. The van der Waals surface area contributed by atoms with Crippen molar-refractivity contribution in [2.45, 2.75) is 20.3 Å². The molecule has 0 heterocycles. The van der Waals surface area contributed by atoms with Gasteiger partial charge in [-0.1, -0.05) is 12.1 Å². The fourth-order valence-electron chi connectivity index (χ4n) is 1.36. The Labute approximate surface area is 111 Å². The molecule has 0 saturated carbocycles. The fraction of sp³-hybridized carbons (Fsp3) is 0.385. The predicted molar refractivity (Wildman–Crippen MR) is 69.3 cm³/mol. The Bertz CT molecular complexity index is 460. The maximum absolute atomic E-state index is 11.3. The van der Waals surface area contributed by atoms with Crippen LogP contribution in [-0.4, -0.2) is 25.0 Å². The molecule has 2 amide bonds. The van der Waals surface area contributed by atoms with Crippen LogP contribution < -0.4 is 16.0 Å². The number of hydrogen-bond donors (Lipinski definition) is 2. The van der Waals surface area contributed by atoms with E-state index in [2.05, 4.69) is 10.3 Å². The Morgan fingerprint density at radius 3 is 2.74 bits per heavy atom. The lowest BCUT2D eigenvalue weighted by atomic mass is 10.1. The van der Waals surface area contributed by atoms with E-state index >= 15 is 0 Å². The van der Waals surface area contributed by atoms with Gasteiger partial charge in [0.05, 0.1) is 13.0 Å². The molecule has 1 aromatic rings. The van der Waals surface area contributed by atoms with Crippen molar-refractivity contribution in [2.24, 2.45) is 5.73 Å². The number of hydrogen-bond acceptors (Lipinski definition) is 4. The molecule has 104 valence electrons. The summed E-state index contributed by atoms with van der Waals surface area (Å²) in [5, 5.41) is 0. The summed E-state index contributed by atoms with van der Waals surface area (Å²) in [6.45, 7) is 3.79. The molecule has 0 aliphatic heterocycles.